The van der Waals surface area contributed by atoms with Crippen LogP contribution in [-0.4, -0.2) is 22.9 Å². The largest absolute Gasteiger partial charge is 0.416 e. The maximum atomic E-state index is 12.9. The van der Waals surface area contributed by atoms with Crippen LogP contribution >= 0.6 is 11.6 Å². The molecule has 0 saturated heterocycles. The number of carbonyl (C=O) groups is 1. The maximum Gasteiger partial charge on any atom is 0.416 e. The van der Waals surface area contributed by atoms with Gasteiger partial charge >= 0.3 is 6.18 Å². The Morgan fingerprint density at radius 2 is 1.75 bits per heavy atom. The molecule has 144 valence electrons. The number of carbonyl (C=O) groups excluding carboxylic acids is 1. The number of alkyl halides is 3. The SMILES string of the molecule is Cc1cc(-c2cncc(C(=O)N(C)c3ccc(Cl)cc3)n2)ccc1C(F)(F)F. The molecule has 2 aromatic carbocycles. The highest BCUT2D eigenvalue weighted by Gasteiger charge is 2.32. The summed E-state index contributed by atoms with van der Waals surface area (Å²) >= 11 is 5.86. The van der Waals surface area contributed by atoms with Crippen molar-refractivity contribution in [2.75, 3.05) is 11.9 Å². The number of rotatable bonds is 3. The smallest absolute Gasteiger partial charge is 0.310 e. The molecule has 0 unspecified atom stereocenters. The predicted molar refractivity (Wildman–Crippen MR) is 101 cm³/mol. The summed E-state index contributed by atoms with van der Waals surface area (Å²) in [5, 5.41) is 0.545. The van der Waals surface area contributed by atoms with E-state index in [2.05, 4.69) is 9.97 Å². The first-order chi connectivity index (χ1) is 13.2. The third-order valence-corrected chi connectivity index (χ3v) is 4.45. The van der Waals surface area contributed by atoms with Crippen LogP contribution in [0.2, 0.25) is 5.02 Å². The molecule has 8 heteroatoms. The zero-order valence-corrected chi connectivity index (χ0v) is 15.7. The fraction of sp³-hybridized carbons (Fsp3) is 0.150. The Kier molecular flexibility index (Phi) is 5.38. The van der Waals surface area contributed by atoms with Gasteiger partial charge in [-0.15, -0.1) is 0 Å². The summed E-state index contributed by atoms with van der Waals surface area (Å²) in [6, 6.07) is 10.4. The zero-order valence-electron chi connectivity index (χ0n) is 15.0. The number of anilines is 1. The number of benzene rings is 2. The van der Waals surface area contributed by atoms with Crippen molar-refractivity contribution in [1.82, 2.24) is 9.97 Å². The molecule has 1 heterocycles. The van der Waals surface area contributed by atoms with Crippen LogP contribution in [0.5, 0.6) is 0 Å². The Hall–Kier alpha value is -2.93. The van der Waals surface area contributed by atoms with Crippen LogP contribution in [0, 0.1) is 6.92 Å². The van der Waals surface area contributed by atoms with Gasteiger partial charge in [-0.25, -0.2) is 4.98 Å². The van der Waals surface area contributed by atoms with Crippen molar-refractivity contribution in [2.45, 2.75) is 13.1 Å². The molecule has 0 radical (unpaired) electrons. The molecule has 0 atom stereocenters. The van der Waals surface area contributed by atoms with Gasteiger partial charge in [0, 0.05) is 23.3 Å². The second-order valence-corrected chi connectivity index (χ2v) is 6.59. The summed E-state index contributed by atoms with van der Waals surface area (Å²) in [7, 11) is 1.59. The average molecular weight is 406 g/mol. The van der Waals surface area contributed by atoms with Crippen LogP contribution in [0.3, 0.4) is 0 Å². The van der Waals surface area contributed by atoms with Gasteiger partial charge in [0.05, 0.1) is 23.7 Å². The monoisotopic (exact) mass is 405 g/mol. The molecule has 3 rings (SSSR count). The molecule has 4 nitrogen and oxygen atoms in total. The topological polar surface area (TPSA) is 46.1 Å². The molecule has 0 fully saturated rings. The van der Waals surface area contributed by atoms with Crippen molar-refractivity contribution in [1.29, 1.82) is 0 Å². The second-order valence-electron chi connectivity index (χ2n) is 6.16. The fourth-order valence-corrected chi connectivity index (χ4v) is 2.83. The van der Waals surface area contributed by atoms with Crippen molar-refractivity contribution in [3.05, 3.63) is 76.7 Å². The Morgan fingerprint density at radius 3 is 2.36 bits per heavy atom. The van der Waals surface area contributed by atoms with E-state index in [9.17, 15) is 18.0 Å². The normalized spacial score (nSPS) is 11.4. The molecule has 3 aromatic rings. The van der Waals surface area contributed by atoms with E-state index in [1.54, 1.807) is 31.3 Å². The highest BCUT2D eigenvalue weighted by atomic mass is 35.5. The third kappa shape index (κ3) is 4.14. The van der Waals surface area contributed by atoms with Gasteiger partial charge < -0.3 is 4.90 Å². The maximum absolute atomic E-state index is 12.9. The minimum absolute atomic E-state index is 0.0711. The van der Waals surface area contributed by atoms with Gasteiger partial charge in [-0.05, 0) is 48.9 Å². The van der Waals surface area contributed by atoms with Gasteiger partial charge in [-0.3, -0.25) is 9.78 Å². The van der Waals surface area contributed by atoms with E-state index >= 15 is 0 Å². The number of halogens is 4. The van der Waals surface area contributed by atoms with Crippen LogP contribution in [0.1, 0.15) is 21.6 Å². The highest BCUT2D eigenvalue weighted by Crippen LogP contribution is 2.33. The zero-order chi connectivity index (χ0) is 20.5. The second kappa shape index (κ2) is 7.59. The van der Waals surface area contributed by atoms with Gasteiger partial charge in [0.25, 0.3) is 5.91 Å². The number of aromatic nitrogens is 2. The van der Waals surface area contributed by atoms with Crippen LogP contribution < -0.4 is 4.90 Å². The van der Waals surface area contributed by atoms with E-state index in [-0.39, 0.29) is 11.3 Å². The lowest BCUT2D eigenvalue weighted by atomic mass is 10.0. The minimum Gasteiger partial charge on any atom is -0.310 e. The summed E-state index contributed by atoms with van der Waals surface area (Å²) in [4.78, 5) is 22.4. The van der Waals surface area contributed by atoms with E-state index in [1.165, 1.54) is 36.4 Å². The van der Waals surface area contributed by atoms with Crippen LogP contribution in [0.25, 0.3) is 11.3 Å². The first kappa shape index (κ1) is 19.8. The molecular weight excluding hydrogens is 391 g/mol. The Balaban J connectivity index is 1.91. The van der Waals surface area contributed by atoms with Crippen molar-refractivity contribution in [3.8, 4) is 11.3 Å². The Bertz CT molecular complexity index is 1020. The van der Waals surface area contributed by atoms with Gasteiger partial charge in [0.2, 0.25) is 0 Å². The van der Waals surface area contributed by atoms with E-state index in [4.69, 9.17) is 11.6 Å². The molecule has 0 aliphatic heterocycles. The average Bonchev–Trinajstić information content (AvgIpc) is 2.66. The molecule has 1 amide bonds. The minimum atomic E-state index is -4.42. The predicted octanol–water partition coefficient (Wildman–Crippen LogP) is 5.40. The number of amides is 1. The van der Waals surface area contributed by atoms with Crippen LogP contribution in [0.4, 0.5) is 18.9 Å². The number of hydrogen-bond donors (Lipinski definition) is 0. The van der Waals surface area contributed by atoms with E-state index in [1.807, 2.05) is 0 Å². The van der Waals surface area contributed by atoms with Crippen molar-refractivity contribution in [3.63, 3.8) is 0 Å². The molecule has 1 aromatic heterocycles. The first-order valence-electron chi connectivity index (χ1n) is 8.20. The highest BCUT2D eigenvalue weighted by molar-refractivity contribution is 6.30. The van der Waals surface area contributed by atoms with Crippen molar-refractivity contribution >= 4 is 23.2 Å². The molecule has 0 aliphatic carbocycles. The lowest BCUT2D eigenvalue weighted by Gasteiger charge is -2.17. The molecule has 0 spiro atoms. The molecule has 0 N–H and O–H groups in total. The molecule has 28 heavy (non-hydrogen) atoms. The van der Waals surface area contributed by atoms with Gasteiger partial charge in [0.1, 0.15) is 5.69 Å². The standard InChI is InChI=1S/C20H15ClF3N3O/c1-12-9-13(3-8-16(12)20(22,23)24)17-10-25-11-18(26-17)19(28)27(2)15-6-4-14(21)5-7-15/h3-11H,1-2H3. The summed E-state index contributed by atoms with van der Waals surface area (Å²) in [6.07, 6.45) is -1.70. The number of aryl methyl sites for hydroxylation is 1. The van der Waals surface area contributed by atoms with Crippen LogP contribution in [-0.2, 0) is 6.18 Å². The Morgan fingerprint density at radius 1 is 1.07 bits per heavy atom. The van der Waals surface area contributed by atoms with Gasteiger partial charge in [-0.2, -0.15) is 13.2 Å². The van der Waals surface area contributed by atoms with E-state index in [0.29, 0.717) is 22.0 Å². The summed E-state index contributed by atoms with van der Waals surface area (Å²) in [6.45, 7) is 1.38. The number of hydrogen-bond acceptors (Lipinski definition) is 3. The van der Waals surface area contributed by atoms with E-state index in [0.717, 1.165) is 6.07 Å². The number of nitrogens with zero attached hydrogens (tertiary/aromatic N) is 3. The van der Waals surface area contributed by atoms with Crippen LogP contribution in [0.15, 0.2) is 54.9 Å². The quantitative estimate of drug-likeness (QED) is 0.586. The molecule has 0 bridgehead atoms. The molecule has 0 aliphatic rings. The lowest BCUT2D eigenvalue weighted by Crippen LogP contribution is -2.27. The lowest BCUT2D eigenvalue weighted by molar-refractivity contribution is -0.138. The first-order valence-corrected chi connectivity index (χ1v) is 8.58. The van der Waals surface area contributed by atoms with Gasteiger partial charge in [-0.1, -0.05) is 17.7 Å². The third-order valence-electron chi connectivity index (χ3n) is 4.20. The summed E-state index contributed by atoms with van der Waals surface area (Å²) in [5.41, 5.74) is 0.814. The summed E-state index contributed by atoms with van der Waals surface area (Å²) in [5.74, 6) is -0.402. The molecule has 0 saturated carbocycles. The summed E-state index contributed by atoms with van der Waals surface area (Å²) < 4.78 is 38.8. The fourth-order valence-electron chi connectivity index (χ4n) is 2.70. The molecular formula is C20H15ClF3N3O. The van der Waals surface area contributed by atoms with Crippen molar-refractivity contribution in [2.24, 2.45) is 0 Å². The van der Waals surface area contributed by atoms with E-state index < -0.39 is 17.6 Å². The van der Waals surface area contributed by atoms with Gasteiger partial charge in [0.15, 0.2) is 0 Å². The Labute approximate surface area is 164 Å². The van der Waals surface area contributed by atoms with Crippen molar-refractivity contribution < 1.29 is 18.0 Å².